The summed E-state index contributed by atoms with van der Waals surface area (Å²) in [5.41, 5.74) is 2.29. The molecule has 1 aliphatic rings. The summed E-state index contributed by atoms with van der Waals surface area (Å²) in [6.45, 7) is 1.72. The lowest BCUT2D eigenvalue weighted by Gasteiger charge is -2.19. The van der Waals surface area contributed by atoms with Crippen molar-refractivity contribution in [3.8, 4) is 0 Å². The quantitative estimate of drug-likeness (QED) is 0.837. The Morgan fingerprint density at radius 1 is 1.37 bits per heavy atom. The van der Waals surface area contributed by atoms with Crippen LogP contribution in [-0.2, 0) is 11.3 Å². The molecule has 1 aromatic carbocycles. The molecule has 1 aliphatic carbocycles. The van der Waals surface area contributed by atoms with E-state index in [-0.39, 0.29) is 6.54 Å². The van der Waals surface area contributed by atoms with Crippen LogP contribution in [-0.4, -0.2) is 34.0 Å². The normalized spacial score (nSPS) is 15.2. The molecule has 2 aromatic rings. The summed E-state index contributed by atoms with van der Waals surface area (Å²) < 4.78 is 0. The minimum Gasteiger partial charge on any atom is -0.480 e. The van der Waals surface area contributed by atoms with Crippen LogP contribution in [0.15, 0.2) is 30.5 Å². The number of nitrogens with one attached hydrogen (secondary N) is 1. The van der Waals surface area contributed by atoms with Crippen LogP contribution in [0.3, 0.4) is 0 Å². The van der Waals surface area contributed by atoms with E-state index in [0.717, 1.165) is 12.1 Å². The van der Waals surface area contributed by atoms with Crippen molar-refractivity contribution in [2.75, 3.05) is 13.1 Å². The van der Waals surface area contributed by atoms with Crippen LogP contribution in [0.25, 0.3) is 10.9 Å². The first-order valence-electron chi connectivity index (χ1n) is 6.71. The Kier molecular flexibility index (Phi) is 3.25. The first-order chi connectivity index (χ1) is 9.22. The van der Waals surface area contributed by atoms with Crippen LogP contribution < -0.4 is 0 Å². The number of H-pyrrole nitrogens is 1. The first-order valence-corrected chi connectivity index (χ1v) is 6.71. The SMILES string of the molecule is O=C(O)CN(Cc1c[nH]c2ccccc12)CC1CC1. The van der Waals surface area contributed by atoms with Crippen LogP contribution in [0.2, 0.25) is 0 Å². The standard InChI is InChI=1S/C15H18N2O2/c18-15(19)10-17(8-11-5-6-11)9-12-7-16-14-4-2-1-3-13(12)14/h1-4,7,11,16H,5-6,8-10H2,(H,18,19). The maximum atomic E-state index is 11.0. The second kappa shape index (κ2) is 5.05. The number of nitrogens with zero attached hydrogens (tertiary/aromatic N) is 1. The second-order valence-electron chi connectivity index (χ2n) is 5.37. The number of aromatic amines is 1. The lowest BCUT2D eigenvalue weighted by molar-refractivity contribution is -0.138. The monoisotopic (exact) mass is 258 g/mol. The van der Waals surface area contributed by atoms with Gasteiger partial charge in [0.15, 0.2) is 0 Å². The third kappa shape index (κ3) is 2.96. The van der Waals surface area contributed by atoms with Crippen molar-refractivity contribution in [2.45, 2.75) is 19.4 Å². The number of aliphatic carboxylic acids is 1. The maximum Gasteiger partial charge on any atom is 0.317 e. The summed E-state index contributed by atoms with van der Waals surface area (Å²) in [7, 11) is 0. The van der Waals surface area contributed by atoms with Gasteiger partial charge in [0.1, 0.15) is 0 Å². The Bertz CT molecular complexity index is 587. The van der Waals surface area contributed by atoms with E-state index < -0.39 is 5.97 Å². The fourth-order valence-electron chi connectivity index (χ4n) is 2.55. The highest BCUT2D eigenvalue weighted by atomic mass is 16.4. The molecule has 0 aliphatic heterocycles. The zero-order valence-electron chi connectivity index (χ0n) is 10.8. The Morgan fingerprint density at radius 2 is 2.16 bits per heavy atom. The van der Waals surface area contributed by atoms with E-state index in [2.05, 4.69) is 11.1 Å². The molecule has 4 nitrogen and oxygen atoms in total. The van der Waals surface area contributed by atoms with Crippen molar-refractivity contribution in [3.63, 3.8) is 0 Å². The molecule has 100 valence electrons. The van der Waals surface area contributed by atoms with E-state index in [1.165, 1.54) is 23.8 Å². The third-order valence-corrected chi connectivity index (χ3v) is 3.64. The third-order valence-electron chi connectivity index (χ3n) is 3.64. The van der Waals surface area contributed by atoms with Gasteiger partial charge in [-0.15, -0.1) is 0 Å². The van der Waals surface area contributed by atoms with Crippen molar-refractivity contribution < 1.29 is 9.90 Å². The molecule has 0 unspecified atom stereocenters. The molecule has 0 saturated heterocycles. The molecule has 1 fully saturated rings. The number of benzene rings is 1. The topological polar surface area (TPSA) is 56.3 Å². The largest absolute Gasteiger partial charge is 0.480 e. The Morgan fingerprint density at radius 3 is 2.89 bits per heavy atom. The molecule has 0 spiro atoms. The minimum absolute atomic E-state index is 0.121. The highest BCUT2D eigenvalue weighted by molar-refractivity contribution is 5.83. The summed E-state index contributed by atoms with van der Waals surface area (Å²) in [5.74, 6) is -0.0509. The predicted octanol–water partition coefficient (Wildman–Crippen LogP) is 2.46. The van der Waals surface area contributed by atoms with Gasteiger partial charge in [-0.3, -0.25) is 9.69 Å². The molecule has 2 N–H and O–H groups in total. The van der Waals surface area contributed by atoms with Gasteiger partial charge in [0.05, 0.1) is 6.54 Å². The number of carbonyl (C=O) groups is 1. The number of aromatic nitrogens is 1. The zero-order chi connectivity index (χ0) is 13.2. The molecule has 4 heteroatoms. The van der Waals surface area contributed by atoms with Gasteiger partial charge in [-0.1, -0.05) is 18.2 Å². The van der Waals surface area contributed by atoms with Crippen LogP contribution in [0.4, 0.5) is 0 Å². The van der Waals surface area contributed by atoms with Crippen molar-refractivity contribution in [3.05, 3.63) is 36.0 Å². The summed E-state index contributed by atoms with van der Waals surface area (Å²) >= 11 is 0. The summed E-state index contributed by atoms with van der Waals surface area (Å²) in [6.07, 6.45) is 4.47. The van der Waals surface area contributed by atoms with E-state index >= 15 is 0 Å². The van der Waals surface area contributed by atoms with Crippen molar-refractivity contribution in [1.29, 1.82) is 0 Å². The zero-order valence-corrected chi connectivity index (χ0v) is 10.8. The number of carboxylic acids is 1. The van der Waals surface area contributed by atoms with Gasteiger partial charge < -0.3 is 10.1 Å². The molecule has 0 atom stereocenters. The molecular weight excluding hydrogens is 240 g/mol. The molecule has 1 saturated carbocycles. The molecule has 1 heterocycles. The molecule has 0 bridgehead atoms. The lowest BCUT2D eigenvalue weighted by Crippen LogP contribution is -2.31. The van der Waals surface area contributed by atoms with Gasteiger partial charge >= 0.3 is 5.97 Å². The Hall–Kier alpha value is -1.81. The van der Waals surface area contributed by atoms with E-state index in [9.17, 15) is 4.79 Å². The molecule has 1 aromatic heterocycles. The summed E-state index contributed by atoms with van der Waals surface area (Å²) in [4.78, 5) is 16.2. The molecular formula is C15H18N2O2. The maximum absolute atomic E-state index is 11.0. The first kappa shape index (κ1) is 12.2. The average molecular weight is 258 g/mol. The average Bonchev–Trinajstić information content (AvgIpc) is 3.09. The van der Waals surface area contributed by atoms with Crippen molar-refractivity contribution >= 4 is 16.9 Å². The number of rotatable bonds is 6. The van der Waals surface area contributed by atoms with E-state index in [4.69, 9.17) is 5.11 Å². The molecule has 3 rings (SSSR count). The van der Waals surface area contributed by atoms with Crippen LogP contribution in [0.5, 0.6) is 0 Å². The van der Waals surface area contributed by atoms with Crippen molar-refractivity contribution in [2.24, 2.45) is 5.92 Å². The second-order valence-corrected chi connectivity index (χ2v) is 5.37. The van der Waals surface area contributed by atoms with Gasteiger partial charge in [0.25, 0.3) is 0 Å². The van der Waals surface area contributed by atoms with Gasteiger partial charge in [-0.25, -0.2) is 0 Å². The molecule has 19 heavy (non-hydrogen) atoms. The highest BCUT2D eigenvalue weighted by Gasteiger charge is 2.25. The summed E-state index contributed by atoms with van der Waals surface area (Å²) in [6, 6.07) is 8.14. The predicted molar refractivity (Wildman–Crippen MR) is 73.9 cm³/mol. The summed E-state index contributed by atoms with van der Waals surface area (Å²) in [5, 5.41) is 10.2. The van der Waals surface area contributed by atoms with E-state index in [1.54, 1.807) is 0 Å². The fourth-order valence-corrected chi connectivity index (χ4v) is 2.55. The van der Waals surface area contributed by atoms with Crippen LogP contribution in [0, 0.1) is 5.92 Å². The lowest BCUT2D eigenvalue weighted by atomic mass is 10.1. The van der Waals surface area contributed by atoms with Crippen molar-refractivity contribution in [1.82, 2.24) is 9.88 Å². The highest BCUT2D eigenvalue weighted by Crippen LogP contribution is 2.30. The van der Waals surface area contributed by atoms with Crippen LogP contribution in [0.1, 0.15) is 18.4 Å². The molecule has 0 radical (unpaired) electrons. The van der Waals surface area contributed by atoms with Gasteiger partial charge in [0, 0.05) is 30.2 Å². The minimum atomic E-state index is -0.750. The van der Waals surface area contributed by atoms with E-state index in [0.29, 0.717) is 12.5 Å². The Labute approximate surface area is 112 Å². The molecule has 0 amide bonds. The van der Waals surface area contributed by atoms with Crippen LogP contribution >= 0.6 is 0 Å². The van der Waals surface area contributed by atoms with E-state index in [1.807, 2.05) is 29.3 Å². The number of hydrogen-bond donors (Lipinski definition) is 2. The van der Waals surface area contributed by atoms with Gasteiger partial charge in [0.2, 0.25) is 0 Å². The number of carboxylic acid groups (broad SMARTS) is 1. The Balaban J connectivity index is 1.77. The van der Waals surface area contributed by atoms with Gasteiger partial charge in [-0.2, -0.15) is 0 Å². The fraction of sp³-hybridized carbons (Fsp3) is 0.400. The van der Waals surface area contributed by atoms with Gasteiger partial charge in [-0.05, 0) is 30.4 Å². The smallest absolute Gasteiger partial charge is 0.317 e. The number of hydrogen-bond acceptors (Lipinski definition) is 2. The number of fused-ring (bicyclic) bond motifs is 1. The number of para-hydroxylation sites is 1.